The second-order valence-corrected chi connectivity index (χ2v) is 2.00. The van der Waals surface area contributed by atoms with Crippen LogP contribution in [0.5, 0.6) is 0 Å². The lowest BCUT2D eigenvalue weighted by atomic mass is 11.0. The van der Waals surface area contributed by atoms with Crippen LogP contribution in [0.15, 0.2) is 11.4 Å². The van der Waals surface area contributed by atoms with Gasteiger partial charge in [-0.3, -0.25) is 4.57 Å². The summed E-state index contributed by atoms with van der Waals surface area (Å²) in [6.45, 7) is 0. The number of aromatic nitrogens is 3. The lowest BCUT2D eigenvalue weighted by Crippen LogP contribution is -2.23. The van der Waals surface area contributed by atoms with Crippen molar-refractivity contribution in [2.75, 3.05) is 0 Å². The molecule has 60 valence electrons. The Kier molecular flexibility index (Phi) is 1.71. The van der Waals surface area contributed by atoms with Crippen molar-refractivity contribution < 1.29 is 5.03 Å². The maximum Gasteiger partial charge on any atom is 0.299 e. The Hall–Kier alpha value is -1.66. The first kappa shape index (κ1) is 7.45. The van der Waals surface area contributed by atoms with E-state index in [-0.39, 0.29) is 5.62 Å². The van der Waals surface area contributed by atoms with E-state index in [1.54, 1.807) is 14.1 Å². The molecule has 0 aliphatic carbocycles. The van der Waals surface area contributed by atoms with Gasteiger partial charge in [-0.15, -0.1) is 0 Å². The average Bonchev–Trinajstić information content (AvgIpc) is 2.18. The predicted molar refractivity (Wildman–Crippen MR) is 34.7 cm³/mol. The molecule has 0 fully saturated rings. The number of rotatable bonds is 1. The van der Waals surface area contributed by atoms with Gasteiger partial charge in [-0.05, 0) is 0 Å². The van der Waals surface area contributed by atoms with Gasteiger partial charge in [-0.25, -0.2) is 14.8 Å². The molecule has 1 heterocycles. The highest BCUT2D eigenvalue weighted by Gasteiger charge is 1.98. The van der Waals surface area contributed by atoms with Crippen molar-refractivity contribution in [2.24, 2.45) is 19.2 Å². The lowest BCUT2D eigenvalue weighted by Gasteiger charge is -1.85. The first-order chi connectivity index (χ1) is 5.11. The molecule has 7 heteroatoms. The van der Waals surface area contributed by atoms with Gasteiger partial charge in [-0.1, -0.05) is 0 Å². The van der Waals surface area contributed by atoms with Crippen LogP contribution >= 0.6 is 0 Å². The highest BCUT2D eigenvalue weighted by molar-refractivity contribution is 4.59. The van der Waals surface area contributed by atoms with E-state index in [0.717, 1.165) is 0 Å². The van der Waals surface area contributed by atoms with Gasteiger partial charge in [0.2, 0.25) is 0 Å². The molecule has 0 aliphatic rings. The molecule has 7 nitrogen and oxygen atoms in total. The standard InChI is InChI=1S/C4H7N5O2/c1-7-3-5-8(2)4(7)6-9(10)11/h3H,1-2H3/b6-4-. The predicted octanol–water partition coefficient (Wildman–Crippen LogP) is -1.15. The zero-order valence-electron chi connectivity index (χ0n) is 6.13. The quantitative estimate of drug-likeness (QED) is 0.381. The monoisotopic (exact) mass is 157 g/mol. The molecule has 11 heavy (non-hydrogen) atoms. The van der Waals surface area contributed by atoms with Crippen LogP contribution < -0.4 is 5.62 Å². The zero-order valence-corrected chi connectivity index (χ0v) is 6.13. The number of hydrogen-bond donors (Lipinski definition) is 0. The fourth-order valence-corrected chi connectivity index (χ4v) is 0.695. The van der Waals surface area contributed by atoms with Crippen molar-refractivity contribution in [1.29, 1.82) is 0 Å². The summed E-state index contributed by atoms with van der Waals surface area (Å²) < 4.78 is 2.78. The van der Waals surface area contributed by atoms with Gasteiger partial charge >= 0.3 is 0 Å². The van der Waals surface area contributed by atoms with E-state index >= 15 is 0 Å². The summed E-state index contributed by atoms with van der Waals surface area (Å²) in [5, 5.41) is 16.1. The summed E-state index contributed by atoms with van der Waals surface area (Å²) in [6, 6.07) is 0. The van der Waals surface area contributed by atoms with E-state index in [1.807, 2.05) is 0 Å². The van der Waals surface area contributed by atoms with Gasteiger partial charge in [0.15, 0.2) is 5.03 Å². The summed E-state index contributed by atoms with van der Waals surface area (Å²) in [7, 11) is 3.22. The summed E-state index contributed by atoms with van der Waals surface area (Å²) in [4.78, 5) is 9.96. The van der Waals surface area contributed by atoms with E-state index in [2.05, 4.69) is 10.2 Å². The number of aryl methyl sites for hydroxylation is 2. The van der Waals surface area contributed by atoms with Gasteiger partial charge in [0.25, 0.3) is 5.62 Å². The van der Waals surface area contributed by atoms with E-state index in [0.29, 0.717) is 0 Å². The Balaban J connectivity index is 3.31. The van der Waals surface area contributed by atoms with Crippen LogP contribution in [0, 0.1) is 10.1 Å². The molecule has 1 aromatic heterocycles. The highest BCUT2D eigenvalue weighted by atomic mass is 16.7. The second kappa shape index (κ2) is 2.52. The molecular formula is C4H7N5O2. The summed E-state index contributed by atoms with van der Waals surface area (Å²) in [6.07, 6.45) is 1.45. The van der Waals surface area contributed by atoms with Gasteiger partial charge in [0.05, 0.1) is 0 Å². The van der Waals surface area contributed by atoms with Crippen molar-refractivity contribution in [3.63, 3.8) is 0 Å². The number of hydrogen-bond acceptors (Lipinski definition) is 3. The Morgan fingerprint density at radius 3 is 2.73 bits per heavy atom. The number of nitro groups is 1. The summed E-state index contributed by atoms with van der Waals surface area (Å²) in [5.74, 6) is 0. The number of nitrogens with zero attached hydrogens (tertiary/aromatic N) is 5. The van der Waals surface area contributed by atoms with E-state index < -0.39 is 5.03 Å². The summed E-state index contributed by atoms with van der Waals surface area (Å²) in [5.41, 5.74) is 0.204. The van der Waals surface area contributed by atoms with Crippen LogP contribution in [-0.2, 0) is 14.1 Å². The third kappa shape index (κ3) is 1.42. The summed E-state index contributed by atoms with van der Waals surface area (Å²) >= 11 is 0. The average molecular weight is 157 g/mol. The topological polar surface area (TPSA) is 78.2 Å². The van der Waals surface area contributed by atoms with Crippen molar-refractivity contribution in [2.45, 2.75) is 0 Å². The Labute approximate surface area is 61.7 Å². The van der Waals surface area contributed by atoms with Crippen molar-refractivity contribution in [3.05, 3.63) is 22.1 Å². The van der Waals surface area contributed by atoms with E-state index in [4.69, 9.17) is 0 Å². The van der Waals surface area contributed by atoms with Crippen LogP contribution in [0.25, 0.3) is 0 Å². The Morgan fingerprint density at radius 1 is 1.73 bits per heavy atom. The molecule has 0 aromatic carbocycles. The maximum absolute atomic E-state index is 9.96. The minimum atomic E-state index is -0.753. The van der Waals surface area contributed by atoms with Crippen LogP contribution in [0.4, 0.5) is 0 Å². The van der Waals surface area contributed by atoms with Crippen LogP contribution in [-0.4, -0.2) is 19.4 Å². The third-order valence-corrected chi connectivity index (χ3v) is 1.17. The molecule has 0 aliphatic heterocycles. The largest absolute Gasteiger partial charge is 0.299 e. The van der Waals surface area contributed by atoms with Gasteiger partial charge in [-0.2, -0.15) is 5.10 Å². The zero-order chi connectivity index (χ0) is 8.43. The normalized spacial score (nSPS) is 12.0. The molecule has 0 amide bonds. The molecule has 0 spiro atoms. The van der Waals surface area contributed by atoms with Crippen molar-refractivity contribution >= 4 is 0 Å². The lowest BCUT2D eigenvalue weighted by molar-refractivity contribution is -0.491. The van der Waals surface area contributed by atoms with Crippen molar-refractivity contribution in [3.8, 4) is 0 Å². The Morgan fingerprint density at radius 2 is 2.36 bits per heavy atom. The van der Waals surface area contributed by atoms with Crippen molar-refractivity contribution in [1.82, 2.24) is 14.3 Å². The molecule has 1 aromatic rings. The second-order valence-electron chi connectivity index (χ2n) is 2.00. The molecule has 0 unspecified atom stereocenters. The minimum absolute atomic E-state index is 0.204. The third-order valence-electron chi connectivity index (χ3n) is 1.17. The fraction of sp³-hybridized carbons (Fsp3) is 0.500. The molecule has 0 bridgehead atoms. The molecular weight excluding hydrogens is 150 g/mol. The van der Waals surface area contributed by atoms with E-state index in [1.165, 1.54) is 15.6 Å². The molecule has 0 atom stereocenters. The molecule has 0 saturated heterocycles. The molecule has 1 rings (SSSR count). The molecule has 0 saturated carbocycles. The van der Waals surface area contributed by atoms with Gasteiger partial charge in [0.1, 0.15) is 11.4 Å². The molecule has 0 radical (unpaired) electrons. The van der Waals surface area contributed by atoms with Gasteiger partial charge in [0, 0.05) is 14.1 Å². The molecule has 0 N–H and O–H groups in total. The van der Waals surface area contributed by atoms with Gasteiger partial charge < -0.3 is 0 Å². The van der Waals surface area contributed by atoms with Crippen LogP contribution in [0.1, 0.15) is 0 Å². The van der Waals surface area contributed by atoms with Crippen LogP contribution in [0.3, 0.4) is 0 Å². The SMILES string of the molecule is Cn1cnn(C)/c1=N\[N+](=O)[O-]. The van der Waals surface area contributed by atoms with Crippen LogP contribution in [0.2, 0.25) is 0 Å². The minimum Gasteiger partial charge on any atom is -0.298 e. The highest BCUT2D eigenvalue weighted by Crippen LogP contribution is 1.71. The smallest absolute Gasteiger partial charge is 0.298 e. The Bertz CT molecular complexity index is 312. The first-order valence-corrected chi connectivity index (χ1v) is 2.85. The maximum atomic E-state index is 9.96. The fourth-order valence-electron chi connectivity index (χ4n) is 0.695. The first-order valence-electron chi connectivity index (χ1n) is 2.85. The van der Waals surface area contributed by atoms with E-state index in [9.17, 15) is 10.1 Å².